The molecule has 2 aromatic heterocycles. The number of ether oxygens (including phenoxy) is 1. The summed E-state index contributed by atoms with van der Waals surface area (Å²) in [6.45, 7) is 5.87. The molecule has 1 atom stereocenters. The number of carbonyl (C=O) groups is 2. The first-order chi connectivity index (χ1) is 16.8. The molecule has 2 aromatic carbocycles. The van der Waals surface area contributed by atoms with Crippen LogP contribution >= 0.6 is 11.3 Å². The number of thiazole rings is 1. The van der Waals surface area contributed by atoms with E-state index in [0.717, 1.165) is 15.8 Å². The fraction of sp³-hybridized carbons (Fsp3) is 0.222. The molecule has 8 heteroatoms. The summed E-state index contributed by atoms with van der Waals surface area (Å²) in [6.07, 6.45) is 1.48. The summed E-state index contributed by atoms with van der Waals surface area (Å²) in [7, 11) is 1.60. The second kappa shape index (κ2) is 8.70. The summed E-state index contributed by atoms with van der Waals surface area (Å²) in [5.41, 5.74) is 2.75. The minimum atomic E-state index is -0.949. The van der Waals surface area contributed by atoms with Gasteiger partial charge in [0.2, 0.25) is 0 Å². The van der Waals surface area contributed by atoms with Crippen molar-refractivity contribution in [2.24, 2.45) is 0 Å². The van der Waals surface area contributed by atoms with Crippen LogP contribution in [0, 0.1) is 6.92 Å². The van der Waals surface area contributed by atoms with Gasteiger partial charge in [-0.1, -0.05) is 37.3 Å². The molecule has 1 saturated heterocycles. The molecule has 1 fully saturated rings. The third-order valence-corrected chi connectivity index (χ3v) is 7.24. The molecule has 178 valence electrons. The third kappa shape index (κ3) is 3.70. The number of fused-ring (bicyclic) bond motifs is 1. The van der Waals surface area contributed by atoms with Gasteiger partial charge < -0.3 is 14.3 Å². The highest BCUT2D eigenvalue weighted by Gasteiger charge is 2.49. The van der Waals surface area contributed by atoms with Crippen LogP contribution in [-0.2, 0) is 9.59 Å². The summed E-state index contributed by atoms with van der Waals surface area (Å²) in [6, 6.07) is 13.6. The van der Waals surface area contributed by atoms with Crippen molar-refractivity contribution in [1.82, 2.24) is 4.98 Å². The Labute approximate surface area is 206 Å². The van der Waals surface area contributed by atoms with Gasteiger partial charge in [-0.15, -0.1) is 0 Å². The van der Waals surface area contributed by atoms with Crippen LogP contribution < -0.4 is 9.64 Å². The number of carbonyl (C=O) groups excluding carboxylic acids is 2. The number of aliphatic hydroxyl groups is 1. The van der Waals surface area contributed by atoms with Crippen LogP contribution in [0.4, 0.5) is 5.13 Å². The molecule has 1 N–H and O–H groups in total. The molecule has 0 saturated carbocycles. The van der Waals surface area contributed by atoms with E-state index in [1.54, 1.807) is 19.2 Å². The Morgan fingerprint density at radius 3 is 2.60 bits per heavy atom. The number of para-hydroxylation sites is 1. The van der Waals surface area contributed by atoms with Crippen LogP contribution in [0.3, 0.4) is 0 Å². The van der Waals surface area contributed by atoms with E-state index in [0.29, 0.717) is 27.8 Å². The number of anilines is 1. The zero-order valence-electron chi connectivity index (χ0n) is 19.7. The van der Waals surface area contributed by atoms with Gasteiger partial charge in [-0.05, 0) is 60.4 Å². The minimum absolute atomic E-state index is 0.0350. The van der Waals surface area contributed by atoms with Crippen LogP contribution in [0.1, 0.15) is 48.3 Å². The Hall–Kier alpha value is -3.91. The lowest BCUT2D eigenvalue weighted by atomic mass is 9.92. The lowest BCUT2D eigenvalue weighted by molar-refractivity contribution is -0.132. The summed E-state index contributed by atoms with van der Waals surface area (Å²) < 4.78 is 12.1. The van der Waals surface area contributed by atoms with Crippen molar-refractivity contribution < 1.29 is 23.8 Å². The summed E-state index contributed by atoms with van der Waals surface area (Å²) >= 11 is 1.30. The number of nitrogens with zero attached hydrogens (tertiary/aromatic N) is 2. The zero-order chi connectivity index (χ0) is 24.9. The Bertz CT molecular complexity index is 1450. The molecule has 4 aromatic rings. The predicted octanol–water partition coefficient (Wildman–Crippen LogP) is 5.96. The third-order valence-electron chi connectivity index (χ3n) is 6.20. The number of methoxy groups -OCH3 is 1. The van der Waals surface area contributed by atoms with Crippen molar-refractivity contribution in [3.8, 4) is 5.75 Å². The zero-order valence-corrected chi connectivity index (χ0v) is 20.6. The highest BCUT2D eigenvalue weighted by Crippen LogP contribution is 2.45. The number of amides is 1. The molecular weight excluding hydrogens is 464 g/mol. The van der Waals surface area contributed by atoms with Crippen LogP contribution in [-0.4, -0.2) is 28.9 Å². The van der Waals surface area contributed by atoms with Crippen LogP contribution in [0.2, 0.25) is 0 Å². The van der Waals surface area contributed by atoms with Gasteiger partial charge in [-0.25, -0.2) is 4.98 Å². The fourth-order valence-corrected chi connectivity index (χ4v) is 5.43. The Balaban J connectivity index is 1.73. The number of benzene rings is 2. The van der Waals surface area contributed by atoms with Crippen molar-refractivity contribution in [3.05, 3.63) is 82.8 Å². The number of aryl methyl sites for hydroxylation is 1. The molecule has 7 nitrogen and oxygen atoms in total. The minimum Gasteiger partial charge on any atom is -0.507 e. The number of hydrogen-bond donors (Lipinski definition) is 1. The maximum Gasteiger partial charge on any atom is 0.302 e. The summed E-state index contributed by atoms with van der Waals surface area (Å²) in [5.74, 6) is -0.628. The van der Waals surface area contributed by atoms with Gasteiger partial charge in [-0.2, -0.15) is 0 Å². The van der Waals surface area contributed by atoms with Gasteiger partial charge in [0.25, 0.3) is 5.78 Å². The predicted molar refractivity (Wildman–Crippen MR) is 135 cm³/mol. The average molecular weight is 489 g/mol. The monoisotopic (exact) mass is 488 g/mol. The Morgan fingerprint density at radius 1 is 1.17 bits per heavy atom. The van der Waals surface area contributed by atoms with E-state index in [2.05, 4.69) is 4.98 Å². The normalized spacial score (nSPS) is 17.6. The first-order valence-corrected chi connectivity index (χ1v) is 12.0. The van der Waals surface area contributed by atoms with Crippen molar-refractivity contribution in [3.63, 3.8) is 0 Å². The lowest BCUT2D eigenvalue weighted by Crippen LogP contribution is -2.29. The first kappa shape index (κ1) is 22.9. The number of ketones is 1. The summed E-state index contributed by atoms with van der Waals surface area (Å²) in [4.78, 5) is 32.6. The topological polar surface area (TPSA) is 92.9 Å². The first-order valence-electron chi connectivity index (χ1n) is 11.2. The van der Waals surface area contributed by atoms with E-state index in [4.69, 9.17) is 9.15 Å². The molecular formula is C27H24N2O5S. The Morgan fingerprint density at radius 2 is 1.94 bits per heavy atom. The van der Waals surface area contributed by atoms with E-state index >= 15 is 0 Å². The van der Waals surface area contributed by atoms with E-state index in [1.165, 1.54) is 22.5 Å². The molecule has 0 aliphatic carbocycles. The number of aliphatic hydroxyl groups excluding tert-OH is 1. The van der Waals surface area contributed by atoms with Gasteiger partial charge in [0.15, 0.2) is 5.13 Å². The second-order valence-electron chi connectivity index (χ2n) is 8.71. The SMILES string of the molecule is COc1cc(C)c(/C(O)=C2\C(=O)C(=O)N(c3nc4ccccc4s3)C2c2ccco2)cc1C(C)C. The second-order valence-corrected chi connectivity index (χ2v) is 9.72. The molecule has 0 bridgehead atoms. The van der Waals surface area contributed by atoms with Crippen LogP contribution in [0.25, 0.3) is 16.0 Å². The standard InChI is InChI=1S/C27H24N2O5S/c1-14(2)16-13-17(15(3)12-20(16)33-4)24(30)22-23(19-9-7-11-34-19)29(26(32)25(22)31)27-28-18-8-5-6-10-21(18)35-27/h5-14,23,30H,1-4H3/b24-22+. The number of hydrogen-bond acceptors (Lipinski definition) is 7. The van der Waals surface area contributed by atoms with E-state index in [1.807, 2.05) is 57.2 Å². The molecule has 3 heterocycles. The van der Waals surface area contributed by atoms with Crippen LogP contribution in [0.5, 0.6) is 5.75 Å². The van der Waals surface area contributed by atoms with Gasteiger partial charge in [0.05, 0.1) is 29.2 Å². The Kier molecular flexibility index (Phi) is 5.68. The van der Waals surface area contributed by atoms with Gasteiger partial charge in [-0.3, -0.25) is 14.5 Å². The van der Waals surface area contributed by atoms with Gasteiger partial charge >= 0.3 is 5.91 Å². The molecule has 1 aliphatic rings. The van der Waals surface area contributed by atoms with E-state index in [9.17, 15) is 14.7 Å². The number of Topliss-reactive ketones (excluding diaryl/α,β-unsaturated/α-hetero) is 1. The van der Waals surface area contributed by atoms with Crippen molar-refractivity contribution >= 4 is 44.1 Å². The molecule has 1 unspecified atom stereocenters. The number of furan rings is 1. The number of rotatable bonds is 5. The lowest BCUT2D eigenvalue weighted by Gasteiger charge is -2.21. The van der Waals surface area contributed by atoms with E-state index < -0.39 is 17.7 Å². The molecule has 35 heavy (non-hydrogen) atoms. The molecule has 0 radical (unpaired) electrons. The molecule has 1 aliphatic heterocycles. The average Bonchev–Trinajstić information content (AvgIpc) is 3.56. The van der Waals surface area contributed by atoms with E-state index in [-0.39, 0.29) is 17.3 Å². The number of aromatic nitrogens is 1. The highest BCUT2D eigenvalue weighted by molar-refractivity contribution is 7.22. The quantitative estimate of drug-likeness (QED) is 0.212. The molecule has 0 spiro atoms. The summed E-state index contributed by atoms with van der Waals surface area (Å²) in [5, 5.41) is 11.9. The fourth-order valence-electron chi connectivity index (χ4n) is 4.44. The maximum atomic E-state index is 13.4. The highest BCUT2D eigenvalue weighted by atomic mass is 32.1. The van der Waals surface area contributed by atoms with Crippen molar-refractivity contribution in [2.75, 3.05) is 12.0 Å². The molecule has 5 rings (SSSR count). The van der Waals surface area contributed by atoms with Gasteiger partial charge in [0.1, 0.15) is 23.3 Å². The van der Waals surface area contributed by atoms with Crippen molar-refractivity contribution in [2.45, 2.75) is 32.7 Å². The van der Waals surface area contributed by atoms with Gasteiger partial charge in [0, 0.05) is 5.56 Å². The van der Waals surface area contributed by atoms with Crippen LogP contribution in [0.15, 0.2) is 64.8 Å². The largest absolute Gasteiger partial charge is 0.507 e. The molecule has 1 amide bonds. The maximum absolute atomic E-state index is 13.4. The smallest absolute Gasteiger partial charge is 0.302 e. The van der Waals surface area contributed by atoms with Crippen molar-refractivity contribution in [1.29, 1.82) is 0 Å².